The first-order valence-electron chi connectivity index (χ1n) is 22.9. The zero-order chi connectivity index (χ0) is 42.8. The van der Waals surface area contributed by atoms with Gasteiger partial charge in [-0.2, -0.15) is 0 Å². The van der Waals surface area contributed by atoms with Crippen molar-refractivity contribution in [2.24, 2.45) is 40.4 Å². The predicted octanol–water partition coefficient (Wildman–Crippen LogP) is 8.44. The minimum absolute atomic E-state index is 0.0316. The van der Waals surface area contributed by atoms with Crippen molar-refractivity contribution in [2.75, 3.05) is 27.2 Å². The van der Waals surface area contributed by atoms with E-state index in [1.165, 1.54) is 5.56 Å². The van der Waals surface area contributed by atoms with E-state index in [9.17, 15) is 15.0 Å². The average molecular weight is 834 g/mol. The maximum absolute atomic E-state index is 15.0. The molecule has 6 bridgehead atoms. The molecule has 3 fully saturated rings. The number of piperidine rings is 1. The van der Waals surface area contributed by atoms with Crippen LogP contribution in [0, 0.1) is 40.4 Å². The highest BCUT2D eigenvalue weighted by molar-refractivity contribution is 6.08. The molecule has 322 valence electrons. The fraction of sp³-hybridized carbons (Fsp3) is 0.434. The molecular formula is C53H59N3O6. The summed E-state index contributed by atoms with van der Waals surface area (Å²) in [6, 6.07) is 24.4. The van der Waals surface area contributed by atoms with E-state index in [4.69, 9.17) is 9.47 Å². The first-order chi connectivity index (χ1) is 30.2. The number of esters is 2. The lowest BCUT2D eigenvalue weighted by atomic mass is 9.38. The molecule has 0 unspecified atom stereocenters. The number of hydrogen-bond acceptors (Lipinski definition) is 9. The molecule has 3 aliphatic heterocycles. The molecule has 5 N–H and O–H groups in total. The summed E-state index contributed by atoms with van der Waals surface area (Å²) in [5.41, 5.74) is 6.71. The number of aromatic hydroxyl groups is 1. The molecule has 3 heterocycles. The molecule has 9 heteroatoms. The summed E-state index contributed by atoms with van der Waals surface area (Å²) in [5.74, 6) is 0.523. The van der Waals surface area contributed by atoms with Crippen LogP contribution in [0.4, 0.5) is 0 Å². The van der Waals surface area contributed by atoms with Crippen LogP contribution in [0.25, 0.3) is 16.7 Å². The summed E-state index contributed by atoms with van der Waals surface area (Å²) >= 11 is 0. The number of carbonyl (C=O) groups is 2. The highest BCUT2D eigenvalue weighted by Crippen LogP contribution is 2.77. The van der Waals surface area contributed by atoms with Crippen molar-refractivity contribution < 1.29 is 29.3 Å². The molecule has 9 nitrogen and oxygen atoms in total. The number of nitrogens with one attached hydrogen (secondary N) is 3. The lowest BCUT2D eigenvalue weighted by Crippen LogP contribution is -2.58. The number of rotatable bonds is 10. The minimum Gasteiger partial charge on any atom is -0.508 e. The van der Waals surface area contributed by atoms with Crippen molar-refractivity contribution in [3.05, 3.63) is 142 Å². The Kier molecular flexibility index (Phi) is 10.7. The number of hydrogen-bond donors (Lipinski definition) is 5. The van der Waals surface area contributed by atoms with Gasteiger partial charge in [-0.05, 0) is 166 Å². The van der Waals surface area contributed by atoms with E-state index >= 15 is 4.79 Å². The Labute approximate surface area is 365 Å². The minimum atomic E-state index is -0.958. The quantitative estimate of drug-likeness (QED) is 0.101. The molecule has 3 aromatic rings. The number of likely N-dealkylation sites (N-methyl/N-ethyl adjacent to an activating group) is 1. The van der Waals surface area contributed by atoms with Gasteiger partial charge in [-0.1, -0.05) is 73.7 Å². The number of phenols is 1. The Morgan fingerprint density at radius 3 is 2.58 bits per heavy atom. The summed E-state index contributed by atoms with van der Waals surface area (Å²) in [6.07, 6.45) is 16.1. The number of benzene rings is 3. The van der Waals surface area contributed by atoms with Crippen molar-refractivity contribution in [1.29, 1.82) is 0 Å². The van der Waals surface area contributed by atoms with Crippen LogP contribution in [0.15, 0.2) is 125 Å². The molecule has 62 heavy (non-hydrogen) atoms. The van der Waals surface area contributed by atoms with Crippen LogP contribution in [0.1, 0.15) is 81.0 Å². The van der Waals surface area contributed by atoms with Crippen molar-refractivity contribution in [2.45, 2.75) is 76.9 Å². The van der Waals surface area contributed by atoms with Crippen molar-refractivity contribution in [3.8, 4) is 16.9 Å². The molecule has 9 atom stereocenters. The van der Waals surface area contributed by atoms with E-state index in [-0.39, 0.29) is 54.3 Å². The number of cyclic esters (lactones) is 2. The van der Waals surface area contributed by atoms with Gasteiger partial charge in [-0.25, -0.2) is 9.59 Å². The fourth-order valence-corrected chi connectivity index (χ4v) is 12.9. The van der Waals surface area contributed by atoms with E-state index in [0.29, 0.717) is 47.8 Å². The number of ether oxygens (including phenoxy) is 2. The number of aliphatic hydroxyl groups is 1. The molecule has 3 aromatic carbocycles. The molecule has 2 spiro atoms. The van der Waals surface area contributed by atoms with E-state index in [2.05, 4.69) is 95.7 Å². The van der Waals surface area contributed by atoms with Crippen LogP contribution in [-0.2, 0) is 25.5 Å². The number of phenolic OH excluding ortho intramolecular Hbond substituents is 1. The SMILES string of the molecule is CC[C@H](/C=C1\OC(=O)C2=C3c4cc(O)ccc4-c4cccc(c4)[C@@H](NC)/C=C/[C@@]45CCC6=C(C(=O)OC6=CC[C@H](CO)[C@@H]6CCN[C@H](NC)C6)[C@@H]4[C@]21CC[C@@H]35)Cc1ccccc1. The summed E-state index contributed by atoms with van der Waals surface area (Å²) in [7, 11) is 3.94. The Morgan fingerprint density at radius 1 is 0.935 bits per heavy atom. The number of aliphatic hydroxyl groups excluding tert-OH is 1. The summed E-state index contributed by atoms with van der Waals surface area (Å²) < 4.78 is 13.1. The maximum Gasteiger partial charge on any atom is 0.340 e. The Hall–Kier alpha value is -5.06. The van der Waals surface area contributed by atoms with Gasteiger partial charge in [0.25, 0.3) is 0 Å². The second kappa shape index (κ2) is 16.2. The number of allylic oxidation sites excluding steroid dienone is 6. The normalized spacial score (nSPS) is 32.4. The van der Waals surface area contributed by atoms with Crippen molar-refractivity contribution in [1.82, 2.24) is 16.0 Å². The van der Waals surface area contributed by atoms with Gasteiger partial charge in [0.05, 0.1) is 23.2 Å². The Bertz CT molecular complexity index is 2450. The first kappa shape index (κ1) is 41.0. The zero-order valence-electron chi connectivity index (χ0n) is 36.1. The highest BCUT2D eigenvalue weighted by atomic mass is 16.6. The smallest absolute Gasteiger partial charge is 0.340 e. The molecular weight excluding hydrogens is 775 g/mol. The van der Waals surface area contributed by atoms with Crippen LogP contribution < -0.4 is 16.0 Å². The van der Waals surface area contributed by atoms with E-state index in [1.54, 1.807) is 6.07 Å². The third-order valence-electron chi connectivity index (χ3n) is 15.9. The average Bonchev–Trinajstić information content (AvgIpc) is 3.78. The summed E-state index contributed by atoms with van der Waals surface area (Å²) in [5, 5.41) is 32.4. The van der Waals surface area contributed by atoms with Crippen LogP contribution >= 0.6 is 0 Å². The fourth-order valence-electron chi connectivity index (χ4n) is 12.9. The van der Waals surface area contributed by atoms with Gasteiger partial charge < -0.3 is 35.6 Å². The van der Waals surface area contributed by atoms with E-state index < -0.39 is 16.7 Å². The van der Waals surface area contributed by atoms with Crippen LogP contribution in [0.3, 0.4) is 0 Å². The Morgan fingerprint density at radius 2 is 1.79 bits per heavy atom. The van der Waals surface area contributed by atoms with Gasteiger partial charge >= 0.3 is 11.9 Å². The van der Waals surface area contributed by atoms with Crippen molar-refractivity contribution >= 4 is 17.5 Å². The topological polar surface area (TPSA) is 129 Å². The molecule has 1 saturated carbocycles. The van der Waals surface area contributed by atoms with Gasteiger partial charge in [0.1, 0.15) is 17.3 Å². The van der Waals surface area contributed by atoms with Gasteiger partial charge in [0, 0.05) is 29.1 Å². The van der Waals surface area contributed by atoms with Crippen LogP contribution in [0.2, 0.25) is 0 Å². The standard InChI is InChI=1S/C53H59N3O6/c1-4-31(25-32-9-6-5-7-10-32)26-44-53-23-18-41-46(48(53)51(60)62-44)40-29-37(58)14-15-38(40)34-11-8-12-35(27-34)42(54-2)19-22-52(41)21-17-39-43(61-50(59)47(39)49(52)53)16-13-36(30-57)33-20-24-56-45(28-33)55-3/h5-12,14-16,19,22,26-27,29,31,33,36,41-42,45,49,54-58H,4,13,17-18,20-21,23-25,28,30H2,1-3H3/b22-19+,43-16?,44-26-/t31-,33+,36+,41-,42-,45-,49-,52+,53-/m0/s1. The second-order valence-electron chi connectivity index (χ2n) is 18.8. The van der Waals surface area contributed by atoms with E-state index in [1.807, 2.05) is 32.3 Å². The molecule has 11 rings (SSSR count). The first-order valence-corrected chi connectivity index (χ1v) is 22.9. The van der Waals surface area contributed by atoms with Gasteiger partial charge in [0.15, 0.2) is 0 Å². The number of carbonyl (C=O) groups excluding carboxylic acids is 2. The molecule has 2 saturated heterocycles. The van der Waals surface area contributed by atoms with Gasteiger partial charge in [-0.15, -0.1) is 0 Å². The van der Waals surface area contributed by atoms with Crippen LogP contribution in [-0.4, -0.2) is 55.6 Å². The molecule has 5 aliphatic carbocycles. The summed E-state index contributed by atoms with van der Waals surface area (Å²) in [4.78, 5) is 29.9. The second-order valence-corrected chi connectivity index (χ2v) is 18.8. The maximum atomic E-state index is 15.0. The number of fused-ring (bicyclic) bond motifs is 5. The molecule has 0 radical (unpaired) electrons. The lowest BCUT2D eigenvalue weighted by Gasteiger charge is -2.62. The third-order valence-corrected chi connectivity index (χ3v) is 15.9. The Balaban J connectivity index is 1.20. The van der Waals surface area contributed by atoms with Crippen LogP contribution in [0.5, 0.6) is 5.75 Å². The van der Waals surface area contributed by atoms with E-state index in [0.717, 1.165) is 78.5 Å². The monoisotopic (exact) mass is 833 g/mol. The molecule has 0 amide bonds. The van der Waals surface area contributed by atoms with Gasteiger partial charge in [0.2, 0.25) is 0 Å². The molecule has 8 aliphatic rings. The lowest BCUT2D eigenvalue weighted by molar-refractivity contribution is -0.135. The van der Waals surface area contributed by atoms with Gasteiger partial charge in [-0.3, -0.25) is 0 Å². The largest absolute Gasteiger partial charge is 0.508 e. The predicted molar refractivity (Wildman–Crippen MR) is 240 cm³/mol. The third kappa shape index (κ3) is 6.49. The van der Waals surface area contributed by atoms with Crippen molar-refractivity contribution in [3.63, 3.8) is 0 Å². The zero-order valence-corrected chi connectivity index (χ0v) is 36.1. The molecule has 0 aromatic heterocycles. The summed E-state index contributed by atoms with van der Waals surface area (Å²) in [6.45, 7) is 3.13. The highest BCUT2D eigenvalue weighted by Gasteiger charge is 2.73.